The summed E-state index contributed by atoms with van der Waals surface area (Å²) in [6.07, 6.45) is -0.648. The van der Waals surface area contributed by atoms with Crippen LogP contribution in [-0.4, -0.2) is 12.0 Å². The Morgan fingerprint density at radius 2 is 1.21 bits per heavy atom. The van der Waals surface area contributed by atoms with E-state index >= 15 is 0 Å². The Bertz CT molecular complexity index is 1130. The van der Waals surface area contributed by atoms with Crippen LogP contribution in [0.15, 0.2) is 115 Å². The molecule has 0 radical (unpaired) electrons. The van der Waals surface area contributed by atoms with Gasteiger partial charge in [0.05, 0.1) is 6.54 Å². The van der Waals surface area contributed by atoms with E-state index in [4.69, 9.17) is 9.47 Å². The van der Waals surface area contributed by atoms with Crippen molar-refractivity contribution >= 4 is 11.6 Å². The second-order valence-electron chi connectivity index (χ2n) is 7.75. The van der Waals surface area contributed by atoms with Crippen molar-refractivity contribution in [3.8, 4) is 11.5 Å². The number of carbonyl (C=O) groups excluding carboxylic acids is 1. The normalized spacial score (nSPS) is 11.4. The molecule has 4 aromatic rings. The zero-order chi connectivity index (χ0) is 22.9. The fourth-order valence-electron chi connectivity index (χ4n) is 3.50. The molecular weight excluding hydrogens is 410 g/mol. The maximum atomic E-state index is 13.4. The van der Waals surface area contributed by atoms with Crippen molar-refractivity contribution < 1.29 is 14.3 Å². The van der Waals surface area contributed by atoms with Crippen LogP contribution in [0.25, 0.3) is 0 Å². The smallest absolute Gasteiger partial charge is 0.268 e. The summed E-state index contributed by atoms with van der Waals surface area (Å²) in [6, 6.07) is 37.0. The molecule has 0 bridgehead atoms. The predicted octanol–water partition coefficient (Wildman–Crippen LogP) is 6.27. The van der Waals surface area contributed by atoms with E-state index in [0.717, 1.165) is 22.6 Å². The maximum absolute atomic E-state index is 13.4. The Kier molecular flexibility index (Phi) is 7.39. The van der Waals surface area contributed by atoms with Gasteiger partial charge < -0.3 is 14.4 Å². The summed E-state index contributed by atoms with van der Waals surface area (Å²) in [7, 11) is 0. The summed E-state index contributed by atoms with van der Waals surface area (Å²) >= 11 is 0. The van der Waals surface area contributed by atoms with Crippen molar-refractivity contribution in [2.45, 2.75) is 26.2 Å². The van der Waals surface area contributed by atoms with E-state index in [1.54, 1.807) is 11.8 Å². The molecule has 1 amide bonds. The molecule has 0 fully saturated rings. The summed E-state index contributed by atoms with van der Waals surface area (Å²) < 4.78 is 11.8. The van der Waals surface area contributed by atoms with Gasteiger partial charge in [0.1, 0.15) is 18.1 Å². The molecule has 4 aromatic carbocycles. The van der Waals surface area contributed by atoms with E-state index in [1.807, 2.05) is 115 Å². The standard InChI is InChI=1S/C29H27NO3/c1-23(33-28-19-17-27(18-20-28)32-22-25-13-7-3-8-14-25)29(31)30(26-15-9-4-10-16-26)21-24-11-5-2-6-12-24/h2-20,23H,21-22H2,1H3. The Morgan fingerprint density at radius 1 is 0.697 bits per heavy atom. The number of rotatable bonds is 9. The van der Waals surface area contributed by atoms with Crippen LogP contribution < -0.4 is 14.4 Å². The monoisotopic (exact) mass is 437 g/mol. The first-order valence-electron chi connectivity index (χ1n) is 11.0. The molecule has 4 heteroatoms. The number of ether oxygens (including phenoxy) is 2. The molecule has 166 valence electrons. The van der Waals surface area contributed by atoms with Gasteiger partial charge in [0, 0.05) is 5.69 Å². The number of para-hydroxylation sites is 1. The summed E-state index contributed by atoms with van der Waals surface area (Å²) in [6.45, 7) is 2.76. The highest BCUT2D eigenvalue weighted by Crippen LogP contribution is 2.22. The van der Waals surface area contributed by atoms with Gasteiger partial charge in [-0.3, -0.25) is 4.79 Å². The third-order valence-electron chi connectivity index (χ3n) is 5.25. The second kappa shape index (κ2) is 11.0. The third kappa shape index (κ3) is 6.23. The Morgan fingerprint density at radius 3 is 1.82 bits per heavy atom. The van der Waals surface area contributed by atoms with Gasteiger partial charge >= 0.3 is 0 Å². The highest BCUT2D eigenvalue weighted by Gasteiger charge is 2.24. The quantitative estimate of drug-likeness (QED) is 0.310. The number of nitrogens with zero attached hydrogens (tertiary/aromatic N) is 1. The summed E-state index contributed by atoms with van der Waals surface area (Å²) in [5, 5.41) is 0. The minimum Gasteiger partial charge on any atom is -0.489 e. The summed E-state index contributed by atoms with van der Waals surface area (Å²) in [5.41, 5.74) is 3.00. The molecule has 1 atom stereocenters. The van der Waals surface area contributed by atoms with E-state index in [0.29, 0.717) is 18.9 Å². The predicted molar refractivity (Wildman–Crippen MR) is 131 cm³/mol. The lowest BCUT2D eigenvalue weighted by Crippen LogP contribution is -2.40. The second-order valence-corrected chi connectivity index (χ2v) is 7.75. The molecule has 1 unspecified atom stereocenters. The molecule has 33 heavy (non-hydrogen) atoms. The van der Waals surface area contributed by atoms with Gasteiger partial charge in [0.2, 0.25) is 0 Å². The van der Waals surface area contributed by atoms with Gasteiger partial charge in [0.15, 0.2) is 6.10 Å². The first-order chi connectivity index (χ1) is 16.2. The summed E-state index contributed by atoms with van der Waals surface area (Å²) in [5.74, 6) is 1.27. The van der Waals surface area contributed by atoms with Gasteiger partial charge in [-0.05, 0) is 54.4 Å². The van der Waals surface area contributed by atoms with E-state index in [1.165, 1.54) is 0 Å². The topological polar surface area (TPSA) is 38.8 Å². The molecule has 0 aliphatic carbocycles. The molecule has 0 spiro atoms. The Hall–Kier alpha value is -4.05. The molecular formula is C29H27NO3. The maximum Gasteiger partial charge on any atom is 0.268 e. The van der Waals surface area contributed by atoms with Gasteiger partial charge in [-0.25, -0.2) is 0 Å². The van der Waals surface area contributed by atoms with Crippen LogP contribution in [0.4, 0.5) is 5.69 Å². The number of amides is 1. The van der Waals surface area contributed by atoms with Crippen molar-refractivity contribution in [2.75, 3.05) is 4.90 Å². The van der Waals surface area contributed by atoms with E-state index in [2.05, 4.69) is 0 Å². The molecule has 0 saturated heterocycles. The Balaban J connectivity index is 1.41. The lowest BCUT2D eigenvalue weighted by atomic mass is 10.1. The molecule has 0 aromatic heterocycles. The molecule has 4 rings (SSSR count). The van der Waals surface area contributed by atoms with Crippen LogP contribution in [-0.2, 0) is 17.9 Å². The molecule has 0 aliphatic rings. The van der Waals surface area contributed by atoms with Crippen molar-refractivity contribution in [3.05, 3.63) is 126 Å². The fraction of sp³-hybridized carbons (Fsp3) is 0.138. The Labute approximate surface area is 195 Å². The molecule has 0 N–H and O–H groups in total. The minimum absolute atomic E-state index is 0.102. The third-order valence-corrected chi connectivity index (χ3v) is 5.25. The van der Waals surface area contributed by atoms with Crippen LogP contribution in [0.1, 0.15) is 18.1 Å². The zero-order valence-corrected chi connectivity index (χ0v) is 18.6. The lowest BCUT2D eigenvalue weighted by molar-refractivity contribution is -0.124. The van der Waals surface area contributed by atoms with Crippen molar-refractivity contribution in [3.63, 3.8) is 0 Å². The van der Waals surface area contributed by atoms with Gasteiger partial charge in [-0.1, -0.05) is 78.9 Å². The molecule has 0 aliphatic heterocycles. The van der Waals surface area contributed by atoms with E-state index in [-0.39, 0.29) is 5.91 Å². The van der Waals surface area contributed by atoms with Gasteiger partial charge in [-0.15, -0.1) is 0 Å². The van der Waals surface area contributed by atoms with Crippen LogP contribution in [0.5, 0.6) is 11.5 Å². The van der Waals surface area contributed by atoms with Crippen LogP contribution in [0.3, 0.4) is 0 Å². The van der Waals surface area contributed by atoms with Crippen molar-refractivity contribution in [1.82, 2.24) is 0 Å². The fourth-order valence-corrected chi connectivity index (χ4v) is 3.50. The molecule has 0 saturated carbocycles. The number of hydrogen-bond donors (Lipinski definition) is 0. The van der Waals surface area contributed by atoms with Crippen LogP contribution >= 0.6 is 0 Å². The van der Waals surface area contributed by atoms with Gasteiger partial charge in [-0.2, -0.15) is 0 Å². The first kappa shape index (κ1) is 22.2. The minimum atomic E-state index is -0.648. The summed E-state index contributed by atoms with van der Waals surface area (Å²) in [4.78, 5) is 15.1. The first-order valence-corrected chi connectivity index (χ1v) is 11.0. The number of hydrogen-bond acceptors (Lipinski definition) is 3. The highest BCUT2D eigenvalue weighted by atomic mass is 16.5. The number of benzene rings is 4. The zero-order valence-electron chi connectivity index (χ0n) is 18.6. The van der Waals surface area contributed by atoms with Crippen LogP contribution in [0, 0.1) is 0 Å². The van der Waals surface area contributed by atoms with Crippen molar-refractivity contribution in [2.24, 2.45) is 0 Å². The van der Waals surface area contributed by atoms with Gasteiger partial charge in [0.25, 0.3) is 5.91 Å². The van der Waals surface area contributed by atoms with Crippen LogP contribution in [0.2, 0.25) is 0 Å². The largest absolute Gasteiger partial charge is 0.489 e. The van der Waals surface area contributed by atoms with Crippen molar-refractivity contribution in [1.29, 1.82) is 0 Å². The average Bonchev–Trinajstić information content (AvgIpc) is 2.88. The molecule has 0 heterocycles. The SMILES string of the molecule is CC(Oc1ccc(OCc2ccccc2)cc1)C(=O)N(Cc1ccccc1)c1ccccc1. The average molecular weight is 438 g/mol. The van der Waals surface area contributed by atoms with E-state index in [9.17, 15) is 4.79 Å². The molecule has 4 nitrogen and oxygen atoms in total. The lowest BCUT2D eigenvalue weighted by Gasteiger charge is -2.26. The highest BCUT2D eigenvalue weighted by molar-refractivity contribution is 5.96. The number of carbonyl (C=O) groups is 1. The van der Waals surface area contributed by atoms with E-state index < -0.39 is 6.10 Å². The number of anilines is 1.